The van der Waals surface area contributed by atoms with Gasteiger partial charge >= 0.3 is 0 Å². The van der Waals surface area contributed by atoms with Crippen molar-refractivity contribution in [3.63, 3.8) is 0 Å². The van der Waals surface area contributed by atoms with Gasteiger partial charge in [0.15, 0.2) is 0 Å². The summed E-state index contributed by atoms with van der Waals surface area (Å²) in [5.41, 5.74) is 6.19. The SMILES string of the molecule is [Br-].c1ccc([P+](c2ccccc2)(c2ccccc2)C2c3ccccc3CCc3ccccc32)cc1. The van der Waals surface area contributed by atoms with Crippen LogP contribution in [-0.2, 0) is 12.8 Å². The summed E-state index contributed by atoms with van der Waals surface area (Å²) in [7, 11) is -2.12. The van der Waals surface area contributed by atoms with E-state index in [0.29, 0.717) is 0 Å². The normalized spacial score (nSPS) is 13.1. The van der Waals surface area contributed by atoms with Crippen molar-refractivity contribution in [1.29, 1.82) is 0 Å². The van der Waals surface area contributed by atoms with Crippen LogP contribution in [0, 0.1) is 0 Å². The van der Waals surface area contributed by atoms with Gasteiger partial charge in [-0.3, -0.25) is 0 Å². The highest BCUT2D eigenvalue weighted by atomic mass is 79.9. The molecule has 0 saturated heterocycles. The van der Waals surface area contributed by atoms with E-state index in [0.717, 1.165) is 12.8 Å². The molecule has 0 bridgehead atoms. The van der Waals surface area contributed by atoms with Crippen molar-refractivity contribution in [2.75, 3.05) is 0 Å². The first-order valence-electron chi connectivity index (χ1n) is 12.1. The molecule has 5 aromatic rings. The van der Waals surface area contributed by atoms with Crippen molar-refractivity contribution in [2.45, 2.75) is 18.5 Å². The van der Waals surface area contributed by atoms with E-state index in [9.17, 15) is 0 Å². The highest BCUT2D eigenvalue weighted by Crippen LogP contribution is 2.70. The highest BCUT2D eigenvalue weighted by Gasteiger charge is 2.55. The zero-order valence-electron chi connectivity index (χ0n) is 19.6. The van der Waals surface area contributed by atoms with Crippen LogP contribution in [0.15, 0.2) is 140 Å². The number of rotatable bonds is 4. The molecule has 0 spiro atoms. The van der Waals surface area contributed by atoms with E-state index in [1.807, 2.05) is 0 Å². The Balaban J connectivity index is 0.00000253. The Morgan fingerprint density at radius 3 is 1.09 bits per heavy atom. The summed E-state index contributed by atoms with van der Waals surface area (Å²) in [5.74, 6) is 0. The minimum atomic E-state index is -2.12. The first-order valence-corrected chi connectivity index (χ1v) is 14.0. The quantitative estimate of drug-likeness (QED) is 0.307. The summed E-state index contributed by atoms with van der Waals surface area (Å²) in [5, 5.41) is 4.30. The van der Waals surface area contributed by atoms with E-state index in [2.05, 4.69) is 140 Å². The fourth-order valence-corrected chi connectivity index (χ4v) is 10.8. The molecule has 0 aromatic heterocycles. The maximum atomic E-state index is 2.39. The van der Waals surface area contributed by atoms with Crippen LogP contribution < -0.4 is 32.9 Å². The third-order valence-corrected chi connectivity index (χ3v) is 11.9. The number of fused-ring (bicyclic) bond motifs is 2. The second-order valence-electron chi connectivity index (χ2n) is 9.03. The van der Waals surface area contributed by atoms with Crippen molar-refractivity contribution in [2.24, 2.45) is 0 Å². The molecule has 172 valence electrons. The second-order valence-corrected chi connectivity index (χ2v) is 12.5. The lowest BCUT2D eigenvalue weighted by atomic mass is 10.00. The van der Waals surface area contributed by atoms with Crippen LogP contribution in [0.1, 0.15) is 27.9 Å². The molecule has 0 N–H and O–H groups in total. The predicted octanol–water partition coefficient (Wildman–Crippen LogP) is 3.87. The maximum Gasteiger partial charge on any atom is 0.134 e. The Kier molecular flexibility index (Phi) is 7.00. The molecule has 1 aliphatic carbocycles. The topological polar surface area (TPSA) is 0 Å². The van der Waals surface area contributed by atoms with Gasteiger partial charge in [0, 0.05) is 11.1 Å². The number of halogens is 1. The van der Waals surface area contributed by atoms with Gasteiger partial charge in [-0.15, -0.1) is 0 Å². The van der Waals surface area contributed by atoms with Crippen molar-refractivity contribution >= 4 is 23.2 Å². The van der Waals surface area contributed by atoms with Gasteiger partial charge in [0.25, 0.3) is 0 Å². The number of hydrogen-bond acceptors (Lipinski definition) is 0. The zero-order valence-corrected chi connectivity index (χ0v) is 22.1. The third-order valence-electron chi connectivity index (χ3n) is 7.24. The molecule has 0 heterocycles. The fourth-order valence-electron chi connectivity index (χ4n) is 5.80. The van der Waals surface area contributed by atoms with Crippen molar-refractivity contribution in [3.8, 4) is 0 Å². The van der Waals surface area contributed by atoms with E-state index in [1.165, 1.54) is 38.2 Å². The van der Waals surface area contributed by atoms with Gasteiger partial charge in [0.05, 0.1) is 0 Å². The molecular weight excluding hydrogens is 507 g/mol. The Labute approximate surface area is 219 Å². The van der Waals surface area contributed by atoms with E-state index >= 15 is 0 Å². The molecule has 0 aliphatic heterocycles. The Morgan fingerprint density at radius 2 is 0.714 bits per heavy atom. The fraction of sp³-hybridized carbons (Fsp3) is 0.0909. The van der Waals surface area contributed by atoms with Crippen LogP contribution in [0.5, 0.6) is 0 Å². The van der Waals surface area contributed by atoms with Crippen molar-refractivity contribution < 1.29 is 17.0 Å². The Hall–Kier alpha value is -2.99. The van der Waals surface area contributed by atoms with Crippen LogP contribution in [0.4, 0.5) is 0 Å². The van der Waals surface area contributed by atoms with Crippen molar-refractivity contribution in [1.82, 2.24) is 0 Å². The lowest BCUT2D eigenvalue weighted by molar-refractivity contribution is -0.00000648. The summed E-state index contributed by atoms with van der Waals surface area (Å²) in [4.78, 5) is 0. The van der Waals surface area contributed by atoms with Crippen LogP contribution in [0.25, 0.3) is 0 Å². The molecule has 0 unspecified atom stereocenters. The van der Waals surface area contributed by atoms with Gasteiger partial charge in [0.2, 0.25) is 0 Å². The molecule has 5 aromatic carbocycles. The summed E-state index contributed by atoms with van der Waals surface area (Å²) < 4.78 is 0. The lowest BCUT2D eigenvalue weighted by Gasteiger charge is -2.36. The molecule has 0 nitrogen and oxygen atoms in total. The molecule has 2 heteroatoms. The highest BCUT2D eigenvalue weighted by molar-refractivity contribution is 7.96. The van der Waals surface area contributed by atoms with Gasteiger partial charge in [0.1, 0.15) is 28.8 Å². The van der Waals surface area contributed by atoms with Crippen LogP contribution in [0.2, 0.25) is 0 Å². The largest absolute Gasteiger partial charge is 1.00 e. The molecule has 0 fully saturated rings. The van der Waals surface area contributed by atoms with Gasteiger partial charge < -0.3 is 17.0 Å². The Morgan fingerprint density at radius 1 is 0.400 bits per heavy atom. The number of aryl methyl sites for hydroxylation is 2. The molecule has 0 saturated carbocycles. The second kappa shape index (κ2) is 10.3. The standard InChI is InChI=1S/C33H28P.BrH/c1-4-16-28(17-5-1)34(29-18-6-2-7-19-29,30-20-8-3-9-21-30)33-31-22-12-10-14-26(31)24-25-27-15-11-13-23-32(27)33;/h1-23,33H,24-25H2;1H/q+1;/p-1. The predicted molar refractivity (Wildman–Crippen MR) is 147 cm³/mol. The smallest absolute Gasteiger partial charge is 0.134 e. The van der Waals surface area contributed by atoms with E-state index < -0.39 is 7.26 Å². The van der Waals surface area contributed by atoms with Gasteiger partial charge in [-0.2, -0.15) is 0 Å². The van der Waals surface area contributed by atoms with Gasteiger partial charge in [-0.05, 0) is 60.4 Å². The summed E-state index contributed by atoms with van der Waals surface area (Å²) in [6.45, 7) is 0. The molecular formula is C33H28BrP. The molecule has 35 heavy (non-hydrogen) atoms. The molecule has 1 aliphatic rings. The number of benzene rings is 5. The first kappa shape index (κ1) is 23.7. The summed E-state index contributed by atoms with van der Waals surface area (Å²) >= 11 is 0. The molecule has 6 rings (SSSR count). The third kappa shape index (κ3) is 4.08. The minimum absolute atomic E-state index is 0. The van der Waals surface area contributed by atoms with Crippen LogP contribution in [-0.4, -0.2) is 0 Å². The maximum absolute atomic E-state index is 2.39. The van der Waals surface area contributed by atoms with Gasteiger partial charge in [-0.25, -0.2) is 0 Å². The van der Waals surface area contributed by atoms with Crippen LogP contribution in [0.3, 0.4) is 0 Å². The zero-order chi connectivity index (χ0) is 22.8. The Bertz CT molecular complexity index is 1250. The van der Waals surface area contributed by atoms with E-state index in [4.69, 9.17) is 0 Å². The molecule has 0 radical (unpaired) electrons. The average Bonchev–Trinajstić information content (AvgIpc) is 3.09. The van der Waals surface area contributed by atoms with Crippen LogP contribution >= 0.6 is 7.26 Å². The minimum Gasteiger partial charge on any atom is -1.00 e. The monoisotopic (exact) mass is 534 g/mol. The molecule has 0 amide bonds. The molecule has 0 atom stereocenters. The van der Waals surface area contributed by atoms with E-state index in [-0.39, 0.29) is 22.6 Å². The number of hydrogen-bond donors (Lipinski definition) is 0. The summed E-state index contributed by atoms with van der Waals surface area (Å²) in [6.07, 6.45) is 2.17. The lowest BCUT2D eigenvalue weighted by Crippen LogP contribution is -3.00. The summed E-state index contributed by atoms with van der Waals surface area (Å²) in [6, 6.07) is 52.3. The first-order chi connectivity index (χ1) is 16.9. The van der Waals surface area contributed by atoms with E-state index in [1.54, 1.807) is 0 Å². The van der Waals surface area contributed by atoms with Crippen molar-refractivity contribution in [3.05, 3.63) is 162 Å². The van der Waals surface area contributed by atoms with Gasteiger partial charge in [-0.1, -0.05) is 103 Å². The average molecular weight is 535 g/mol.